The average molecular weight is 195 g/mol. The number of aromatic nitrogens is 2. The summed E-state index contributed by atoms with van der Waals surface area (Å²) in [6.07, 6.45) is 8.65. The summed E-state index contributed by atoms with van der Waals surface area (Å²) in [5, 5.41) is 0. The highest BCUT2D eigenvalue weighted by Gasteiger charge is 1.98. The molecule has 0 aliphatic heterocycles. The van der Waals surface area contributed by atoms with Crippen molar-refractivity contribution >= 4 is 5.82 Å². The molecule has 0 aliphatic carbocycles. The van der Waals surface area contributed by atoms with E-state index in [0.29, 0.717) is 11.5 Å². The summed E-state index contributed by atoms with van der Waals surface area (Å²) in [7, 11) is 0. The van der Waals surface area contributed by atoms with Crippen molar-refractivity contribution < 1.29 is 0 Å². The molecule has 2 N–H and O–H groups in total. The number of hydrogen-bond acceptors (Lipinski definition) is 3. The minimum Gasteiger partial charge on any atom is -0.384 e. The molecule has 0 atom stereocenters. The maximum atomic E-state index is 5.50. The van der Waals surface area contributed by atoms with E-state index in [0.717, 1.165) is 11.1 Å². The highest BCUT2D eigenvalue weighted by atomic mass is 14.8. The predicted molar refractivity (Wildman–Crippen MR) is 59.8 cm³/mol. The fraction of sp³-hybridized carbons (Fsp3) is 0. The van der Waals surface area contributed by atoms with E-state index in [4.69, 9.17) is 12.2 Å². The molecule has 2 aromatic rings. The second-order valence-corrected chi connectivity index (χ2v) is 3.05. The highest BCUT2D eigenvalue weighted by molar-refractivity contribution is 5.62. The van der Waals surface area contributed by atoms with Crippen molar-refractivity contribution in [1.82, 2.24) is 9.97 Å². The Hall–Kier alpha value is -2.34. The van der Waals surface area contributed by atoms with Crippen molar-refractivity contribution in [3.8, 4) is 23.5 Å². The molecule has 0 saturated heterocycles. The van der Waals surface area contributed by atoms with Gasteiger partial charge < -0.3 is 5.73 Å². The van der Waals surface area contributed by atoms with E-state index in [1.54, 1.807) is 24.5 Å². The molecule has 0 radical (unpaired) electrons. The largest absolute Gasteiger partial charge is 0.384 e. The fourth-order valence-corrected chi connectivity index (χ4v) is 1.23. The van der Waals surface area contributed by atoms with Crippen LogP contribution in [0.1, 0.15) is 5.69 Å². The SMILES string of the molecule is C#Cc1ccc(-c2ccc(N)nc2)cn1. The molecule has 0 spiro atoms. The number of anilines is 1. The van der Waals surface area contributed by atoms with Gasteiger partial charge in [-0.25, -0.2) is 9.97 Å². The van der Waals surface area contributed by atoms with Gasteiger partial charge in [-0.2, -0.15) is 0 Å². The van der Waals surface area contributed by atoms with E-state index in [-0.39, 0.29) is 0 Å². The lowest BCUT2D eigenvalue weighted by Gasteiger charge is -2.00. The third-order valence-corrected chi connectivity index (χ3v) is 2.03. The third kappa shape index (κ3) is 1.94. The van der Waals surface area contributed by atoms with Crippen molar-refractivity contribution in [1.29, 1.82) is 0 Å². The maximum Gasteiger partial charge on any atom is 0.123 e. The molecule has 0 aromatic carbocycles. The number of pyridine rings is 2. The zero-order chi connectivity index (χ0) is 10.7. The first-order valence-corrected chi connectivity index (χ1v) is 4.44. The quantitative estimate of drug-likeness (QED) is 0.705. The molecule has 0 amide bonds. The number of nitrogen functional groups attached to an aromatic ring is 1. The number of nitrogens with zero attached hydrogens (tertiary/aromatic N) is 2. The summed E-state index contributed by atoms with van der Waals surface area (Å²) in [6.45, 7) is 0. The van der Waals surface area contributed by atoms with E-state index < -0.39 is 0 Å². The van der Waals surface area contributed by atoms with E-state index in [1.807, 2.05) is 12.1 Å². The summed E-state index contributed by atoms with van der Waals surface area (Å²) >= 11 is 0. The Labute approximate surface area is 88.0 Å². The summed E-state index contributed by atoms with van der Waals surface area (Å²) in [4.78, 5) is 8.11. The van der Waals surface area contributed by atoms with Crippen molar-refractivity contribution in [3.05, 3.63) is 42.4 Å². The summed E-state index contributed by atoms with van der Waals surface area (Å²) in [5.41, 5.74) is 8.07. The van der Waals surface area contributed by atoms with Crippen molar-refractivity contribution in [2.24, 2.45) is 0 Å². The van der Waals surface area contributed by atoms with Gasteiger partial charge in [0.05, 0.1) is 0 Å². The first kappa shape index (κ1) is 9.22. The van der Waals surface area contributed by atoms with Gasteiger partial charge in [-0.15, -0.1) is 6.42 Å². The third-order valence-electron chi connectivity index (χ3n) is 2.03. The second kappa shape index (κ2) is 3.81. The molecule has 3 nitrogen and oxygen atoms in total. The Morgan fingerprint density at radius 3 is 2.13 bits per heavy atom. The second-order valence-electron chi connectivity index (χ2n) is 3.05. The minimum atomic E-state index is 0.506. The molecular formula is C12H9N3. The van der Waals surface area contributed by atoms with Gasteiger partial charge in [0.2, 0.25) is 0 Å². The number of nitrogens with two attached hydrogens (primary N) is 1. The van der Waals surface area contributed by atoms with Gasteiger partial charge in [0.15, 0.2) is 0 Å². The molecule has 2 rings (SSSR count). The Morgan fingerprint density at radius 2 is 1.67 bits per heavy atom. The number of hydrogen-bond donors (Lipinski definition) is 1. The topological polar surface area (TPSA) is 51.8 Å². The lowest BCUT2D eigenvalue weighted by Crippen LogP contribution is -1.89. The molecule has 0 fully saturated rings. The van der Waals surface area contributed by atoms with Crippen LogP contribution in [0.15, 0.2) is 36.7 Å². The average Bonchev–Trinajstić information content (AvgIpc) is 2.30. The van der Waals surface area contributed by atoms with Crippen LogP contribution in [0.3, 0.4) is 0 Å². The monoisotopic (exact) mass is 195 g/mol. The van der Waals surface area contributed by atoms with E-state index in [9.17, 15) is 0 Å². The first-order valence-electron chi connectivity index (χ1n) is 4.44. The molecular weight excluding hydrogens is 186 g/mol. The minimum absolute atomic E-state index is 0.506. The molecule has 0 saturated carbocycles. The van der Waals surface area contributed by atoms with Gasteiger partial charge in [-0.05, 0) is 24.3 Å². The van der Waals surface area contributed by atoms with Gasteiger partial charge in [-0.1, -0.05) is 5.92 Å². The van der Waals surface area contributed by atoms with Crippen LogP contribution in [0.5, 0.6) is 0 Å². The van der Waals surface area contributed by atoms with Gasteiger partial charge in [0.1, 0.15) is 11.5 Å². The van der Waals surface area contributed by atoms with Crippen LogP contribution in [-0.4, -0.2) is 9.97 Å². The predicted octanol–water partition coefficient (Wildman–Crippen LogP) is 1.71. The molecule has 15 heavy (non-hydrogen) atoms. The number of rotatable bonds is 1. The van der Waals surface area contributed by atoms with Gasteiger partial charge in [-0.3, -0.25) is 0 Å². The Kier molecular flexibility index (Phi) is 2.34. The van der Waals surface area contributed by atoms with Crippen LogP contribution in [0, 0.1) is 12.3 Å². The Balaban J connectivity index is 2.38. The molecule has 0 aliphatic rings. The van der Waals surface area contributed by atoms with E-state index in [2.05, 4.69) is 15.9 Å². The van der Waals surface area contributed by atoms with Crippen LogP contribution in [-0.2, 0) is 0 Å². The fourth-order valence-electron chi connectivity index (χ4n) is 1.23. The molecule has 3 heteroatoms. The van der Waals surface area contributed by atoms with E-state index in [1.165, 1.54) is 0 Å². The normalized spacial score (nSPS) is 9.53. The maximum absolute atomic E-state index is 5.50. The van der Waals surface area contributed by atoms with Gasteiger partial charge >= 0.3 is 0 Å². The highest BCUT2D eigenvalue weighted by Crippen LogP contribution is 2.17. The summed E-state index contributed by atoms with van der Waals surface area (Å²) < 4.78 is 0. The molecule has 2 heterocycles. The van der Waals surface area contributed by atoms with Crippen LogP contribution in [0.2, 0.25) is 0 Å². The van der Waals surface area contributed by atoms with Crippen molar-refractivity contribution in [3.63, 3.8) is 0 Å². The van der Waals surface area contributed by atoms with Gasteiger partial charge in [0.25, 0.3) is 0 Å². The van der Waals surface area contributed by atoms with Crippen LogP contribution < -0.4 is 5.73 Å². The summed E-state index contributed by atoms with van der Waals surface area (Å²) in [6, 6.07) is 7.36. The molecule has 0 bridgehead atoms. The lowest BCUT2D eigenvalue weighted by atomic mass is 10.1. The van der Waals surface area contributed by atoms with Crippen LogP contribution in [0.4, 0.5) is 5.82 Å². The molecule has 0 unspecified atom stereocenters. The standard InChI is InChI=1S/C12H9N3/c1-2-11-5-3-9(7-14-11)10-4-6-12(13)15-8-10/h1,3-8H,(H2,13,15). The Bertz CT molecular complexity index is 492. The van der Waals surface area contributed by atoms with Gasteiger partial charge in [0, 0.05) is 23.5 Å². The van der Waals surface area contributed by atoms with E-state index >= 15 is 0 Å². The van der Waals surface area contributed by atoms with Crippen LogP contribution >= 0.6 is 0 Å². The van der Waals surface area contributed by atoms with Crippen molar-refractivity contribution in [2.75, 3.05) is 5.73 Å². The van der Waals surface area contributed by atoms with Crippen LogP contribution in [0.25, 0.3) is 11.1 Å². The summed E-state index contributed by atoms with van der Waals surface area (Å²) in [5.74, 6) is 2.97. The van der Waals surface area contributed by atoms with Crippen molar-refractivity contribution in [2.45, 2.75) is 0 Å². The molecule has 72 valence electrons. The zero-order valence-corrected chi connectivity index (χ0v) is 8.01. The smallest absolute Gasteiger partial charge is 0.123 e. The lowest BCUT2D eigenvalue weighted by molar-refractivity contribution is 1.28. The number of terminal acetylenes is 1. The Morgan fingerprint density at radius 1 is 1.00 bits per heavy atom. The zero-order valence-electron chi connectivity index (χ0n) is 8.01. The first-order chi connectivity index (χ1) is 7.29. The molecule has 2 aromatic heterocycles.